The molecule has 0 heterocycles. The molecule has 1 heteroatoms. The van der Waals surface area contributed by atoms with E-state index in [4.69, 9.17) is 0 Å². The summed E-state index contributed by atoms with van der Waals surface area (Å²) in [6.45, 7) is 8.61. The minimum Gasteiger partial charge on any atom is -0.344 e. The van der Waals surface area contributed by atoms with Crippen molar-refractivity contribution >= 4 is 11.4 Å². The van der Waals surface area contributed by atoms with Gasteiger partial charge in [-0.2, -0.15) is 0 Å². The van der Waals surface area contributed by atoms with Crippen molar-refractivity contribution < 1.29 is 0 Å². The van der Waals surface area contributed by atoms with E-state index in [9.17, 15) is 0 Å². The Morgan fingerprint density at radius 1 is 0.722 bits per heavy atom. The van der Waals surface area contributed by atoms with Gasteiger partial charge < -0.3 is 4.90 Å². The molecule has 0 radical (unpaired) electrons. The third-order valence-corrected chi connectivity index (χ3v) is 3.59. The number of nitrogens with zero attached hydrogens (tertiary/aromatic N) is 1. The first-order valence-electron chi connectivity index (χ1n) is 6.37. The predicted octanol–water partition coefficient (Wildman–Crippen LogP) is 4.69. The van der Waals surface area contributed by atoms with Crippen molar-refractivity contribution in [1.29, 1.82) is 0 Å². The van der Waals surface area contributed by atoms with E-state index in [1.807, 2.05) is 0 Å². The highest BCUT2D eigenvalue weighted by atomic mass is 15.1. The van der Waals surface area contributed by atoms with E-state index in [2.05, 4.69) is 76.0 Å². The van der Waals surface area contributed by atoms with Crippen LogP contribution in [0.25, 0.3) is 0 Å². The minimum atomic E-state index is 1.24. The summed E-state index contributed by atoms with van der Waals surface area (Å²) in [5, 5.41) is 0. The van der Waals surface area contributed by atoms with Crippen LogP contribution in [0.15, 0.2) is 36.4 Å². The van der Waals surface area contributed by atoms with Crippen molar-refractivity contribution in [3.8, 4) is 0 Å². The van der Waals surface area contributed by atoms with Crippen molar-refractivity contribution in [2.75, 3.05) is 11.9 Å². The lowest BCUT2D eigenvalue weighted by Gasteiger charge is -2.22. The maximum atomic E-state index is 2.25. The molecule has 1 nitrogen and oxygen atoms in total. The van der Waals surface area contributed by atoms with Crippen LogP contribution in [0.3, 0.4) is 0 Å². The summed E-state index contributed by atoms with van der Waals surface area (Å²) in [6, 6.07) is 13.2. The van der Waals surface area contributed by atoms with Gasteiger partial charge in [0.15, 0.2) is 0 Å². The van der Waals surface area contributed by atoms with Crippen molar-refractivity contribution in [3.63, 3.8) is 0 Å². The molecule has 0 bridgehead atoms. The summed E-state index contributed by atoms with van der Waals surface area (Å²) in [6.07, 6.45) is 0. The van der Waals surface area contributed by atoms with E-state index in [0.29, 0.717) is 0 Å². The van der Waals surface area contributed by atoms with Crippen LogP contribution in [0, 0.1) is 27.7 Å². The lowest BCUT2D eigenvalue weighted by atomic mass is 10.1. The molecule has 94 valence electrons. The third-order valence-electron chi connectivity index (χ3n) is 3.59. The van der Waals surface area contributed by atoms with Crippen molar-refractivity contribution in [2.45, 2.75) is 27.7 Å². The third kappa shape index (κ3) is 2.40. The lowest BCUT2D eigenvalue weighted by molar-refractivity contribution is 1.17. The summed E-state index contributed by atoms with van der Waals surface area (Å²) >= 11 is 0. The summed E-state index contributed by atoms with van der Waals surface area (Å²) in [4.78, 5) is 2.25. The van der Waals surface area contributed by atoms with Crippen LogP contribution in [-0.4, -0.2) is 7.05 Å². The Morgan fingerprint density at radius 3 is 2.06 bits per heavy atom. The molecule has 18 heavy (non-hydrogen) atoms. The van der Waals surface area contributed by atoms with Crippen molar-refractivity contribution in [1.82, 2.24) is 0 Å². The Kier molecular flexibility index (Phi) is 3.42. The molecule has 0 amide bonds. The fraction of sp³-hybridized carbons (Fsp3) is 0.294. The molecule has 0 N–H and O–H groups in total. The molecule has 0 aliphatic rings. The highest BCUT2D eigenvalue weighted by molar-refractivity contribution is 5.66. The van der Waals surface area contributed by atoms with Crippen molar-refractivity contribution in [3.05, 3.63) is 58.7 Å². The molecule has 0 spiro atoms. The maximum Gasteiger partial charge on any atom is 0.0437 e. The number of hydrogen-bond donors (Lipinski definition) is 0. The molecule has 2 rings (SSSR count). The molecular formula is C17H21N. The topological polar surface area (TPSA) is 3.24 Å². The number of hydrogen-bond acceptors (Lipinski definition) is 1. The molecule has 0 unspecified atom stereocenters. The van der Waals surface area contributed by atoms with E-state index in [1.54, 1.807) is 0 Å². The zero-order chi connectivity index (χ0) is 13.3. The van der Waals surface area contributed by atoms with Gasteiger partial charge >= 0.3 is 0 Å². The first-order chi connectivity index (χ1) is 8.49. The molecule has 0 aliphatic heterocycles. The van der Waals surface area contributed by atoms with Crippen LogP contribution >= 0.6 is 0 Å². The van der Waals surface area contributed by atoms with Gasteiger partial charge in [-0.1, -0.05) is 23.8 Å². The monoisotopic (exact) mass is 239 g/mol. The molecule has 0 aliphatic carbocycles. The molecule has 0 aromatic heterocycles. The van der Waals surface area contributed by atoms with Crippen LogP contribution in [0.1, 0.15) is 22.3 Å². The SMILES string of the molecule is Cc1ccc(N(C)c2ccc(C)c(C)c2)c(C)c1. The predicted molar refractivity (Wildman–Crippen MR) is 79.9 cm³/mol. The second-order valence-corrected chi connectivity index (χ2v) is 5.12. The Labute approximate surface area is 110 Å². The zero-order valence-corrected chi connectivity index (χ0v) is 11.9. The smallest absolute Gasteiger partial charge is 0.0437 e. The van der Waals surface area contributed by atoms with Crippen molar-refractivity contribution in [2.24, 2.45) is 0 Å². The van der Waals surface area contributed by atoms with Gasteiger partial charge in [-0.3, -0.25) is 0 Å². The maximum absolute atomic E-state index is 2.25. The quantitative estimate of drug-likeness (QED) is 0.735. The first-order valence-corrected chi connectivity index (χ1v) is 6.37. The highest BCUT2D eigenvalue weighted by Gasteiger charge is 2.07. The van der Waals surface area contributed by atoms with Gasteiger partial charge in [0.25, 0.3) is 0 Å². The molecular weight excluding hydrogens is 218 g/mol. The fourth-order valence-electron chi connectivity index (χ4n) is 2.26. The van der Waals surface area contributed by atoms with Gasteiger partial charge in [0.1, 0.15) is 0 Å². The highest BCUT2D eigenvalue weighted by Crippen LogP contribution is 2.28. The van der Waals surface area contributed by atoms with Crippen LogP contribution < -0.4 is 4.90 Å². The number of rotatable bonds is 2. The molecule has 0 saturated carbocycles. The molecule has 0 fully saturated rings. The molecule has 2 aromatic rings. The second kappa shape index (κ2) is 4.85. The largest absolute Gasteiger partial charge is 0.344 e. The van der Waals surface area contributed by atoms with Gasteiger partial charge in [-0.05, 0) is 62.6 Å². The van der Waals surface area contributed by atoms with Crippen LogP contribution in [0.2, 0.25) is 0 Å². The number of aryl methyl sites for hydroxylation is 4. The van der Waals surface area contributed by atoms with Gasteiger partial charge in [0.05, 0.1) is 0 Å². The summed E-state index contributed by atoms with van der Waals surface area (Å²) < 4.78 is 0. The van der Waals surface area contributed by atoms with E-state index in [-0.39, 0.29) is 0 Å². The Bertz CT molecular complexity index is 570. The van der Waals surface area contributed by atoms with Gasteiger partial charge in [0.2, 0.25) is 0 Å². The number of anilines is 2. The lowest BCUT2D eigenvalue weighted by Crippen LogP contribution is -2.11. The Morgan fingerprint density at radius 2 is 1.44 bits per heavy atom. The second-order valence-electron chi connectivity index (χ2n) is 5.12. The van der Waals surface area contributed by atoms with Crippen LogP contribution in [0.5, 0.6) is 0 Å². The van der Waals surface area contributed by atoms with E-state index in [1.165, 1.54) is 33.6 Å². The first kappa shape index (κ1) is 12.7. The average molecular weight is 239 g/mol. The van der Waals surface area contributed by atoms with Crippen LogP contribution in [-0.2, 0) is 0 Å². The summed E-state index contributed by atoms with van der Waals surface area (Å²) in [7, 11) is 2.13. The van der Waals surface area contributed by atoms with Crippen LogP contribution in [0.4, 0.5) is 11.4 Å². The van der Waals surface area contributed by atoms with Gasteiger partial charge in [-0.15, -0.1) is 0 Å². The Balaban J connectivity index is 2.41. The van der Waals surface area contributed by atoms with E-state index < -0.39 is 0 Å². The van der Waals surface area contributed by atoms with E-state index >= 15 is 0 Å². The molecule has 2 aromatic carbocycles. The normalized spacial score (nSPS) is 10.5. The van der Waals surface area contributed by atoms with Gasteiger partial charge in [-0.25, -0.2) is 0 Å². The average Bonchev–Trinajstić information content (AvgIpc) is 2.32. The standard InChI is InChI=1S/C17H21N/c1-12-6-9-17(15(4)10-12)18(5)16-8-7-13(2)14(3)11-16/h6-11H,1-5H3. The minimum absolute atomic E-state index is 1.24. The van der Waals surface area contributed by atoms with Gasteiger partial charge in [0, 0.05) is 18.4 Å². The fourth-order valence-corrected chi connectivity index (χ4v) is 2.26. The Hall–Kier alpha value is -1.76. The summed E-state index contributed by atoms with van der Waals surface area (Å²) in [5.41, 5.74) is 7.81. The molecule has 0 atom stereocenters. The zero-order valence-electron chi connectivity index (χ0n) is 11.9. The number of benzene rings is 2. The van der Waals surface area contributed by atoms with E-state index in [0.717, 1.165) is 0 Å². The molecule has 0 saturated heterocycles. The summed E-state index contributed by atoms with van der Waals surface area (Å²) in [5.74, 6) is 0.